The molecule has 0 aromatic carbocycles. The van der Waals surface area contributed by atoms with Gasteiger partial charge >= 0.3 is 6.61 Å². The highest BCUT2D eigenvalue weighted by atomic mass is 19.3. The summed E-state index contributed by atoms with van der Waals surface area (Å²) >= 11 is 0. The van der Waals surface area contributed by atoms with Crippen molar-refractivity contribution in [2.45, 2.75) is 38.4 Å². The molecule has 2 fully saturated rings. The Morgan fingerprint density at radius 3 is 2.47 bits per heavy atom. The monoisotopic (exact) mass is 245 g/mol. The summed E-state index contributed by atoms with van der Waals surface area (Å²) < 4.78 is 28.1. The minimum absolute atomic E-state index is 0.0491. The number of hydrogen-bond donors (Lipinski definition) is 0. The van der Waals surface area contributed by atoms with Crippen LogP contribution in [-0.2, 0) is 9.53 Å². The number of rotatable bonds is 3. The van der Waals surface area contributed by atoms with E-state index < -0.39 is 12.7 Å². The van der Waals surface area contributed by atoms with Crippen LogP contribution in [0.3, 0.4) is 0 Å². The van der Waals surface area contributed by atoms with E-state index >= 15 is 0 Å². The normalized spacial score (nSPS) is 23.0. The lowest BCUT2D eigenvalue weighted by Crippen LogP contribution is -2.56. The van der Waals surface area contributed by atoms with Gasteiger partial charge in [-0.2, -0.15) is 8.78 Å². The van der Waals surface area contributed by atoms with Crippen molar-refractivity contribution in [1.29, 1.82) is 0 Å². The Kier molecular flexibility index (Phi) is 3.76. The number of ether oxygens (including phenoxy) is 1. The molecule has 1 amide bonds. The maximum absolute atomic E-state index is 12.0. The summed E-state index contributed by atoms with van der Waals surface area (Å²) in [4.78, 5) is 13.6. The van der Waals surface area contributed by atoms with Gasteiger partial charge in [0.2, 0.25) is 5.91 Å². The van der Waals surface area contributed by atoms with E-state index in [2.05, 4.69) is 11.3 Å². The van der Waals surface area contributed by atoms with Crippen molar-refractivity contribution in [1.82, 2.24) is 4.90 Å². The lowest BCUT2D eigenvalue weighted by Gasteiger charge is -2.41. The van der Waals surface area contributed by atoms with Crippen molar-refractivity contribution in [2.75, 3.05) is 13.1 Å². The zero-order valence-electron chi connectivity index (χ0n) is 9.70. The topological polar surface area (TPSA) is 29.5 Å². The molecule has 1 saturated heterocycles. The van der Waals surface area contributed by atoms with Gasteiger partial charge in [0.1, 0.15) is 0 Å². The Hall–Kier alpha value is -0.970. The number of alkyl halides is 2. The van der Waals surface area contributed by atoms with Crippen molar-refractivity contribution in [3.05, 3.63) is 12.2 Å². The first kappa shape index (κ1) is 12.5. The number of allylic oxidation sites excluding steroid dienone is 1. The molecule has 0 radical (unpaired) electrons. The summed E-state index contributed by atoms with van der Waals surface area (Å²) in [6.45, 7) is 1.78. The number of amides is 1. The molecule has 96 valence electrons. The Morgan fingerprint density at radius 2 is 1.94 bits per heavy atom. The molecule has 3 nitrogen and oxygen atoms in total. The molecule has 1 aliphatic carbocycles. The summed E-state index contributed by atoms with van der Waals surface area (Å²) in [5.41, 5.74) is 1.21. The number of hydrogen-bond acceptors (Lipinski definition) is 2. The van der Waals surface area contributed by atoms with Gasteiger partial charge in [-0.05, 0) is 25.7 Å². The van der Waals surface area contributed by atoms with Gasteiger partial charge < -0.3 is 9.64 Å². The van der Waals surface area contributed by atoms with Crippen molar-refractivity contribution < 1.29 is 18.3 Å². The fourth-order valence-corrected chi connectivity index (χ4v) is 2.38. The summed E-state index contributed by atoms with van der Waals surface area (Å²) in [6.07, 6.45) is 3.00. The van der Waals surface area contributed by atoms with Crippen molar-refractivity contribution in [3.63, 3.8) is 0 Å². The zero-order chi connectivity index (χ0) is 12.4. The van der Waals surface area contributed by atoms with Crippen molar-refractivity contribution in [3.8, 4) is 0 Å². The first-order valence-corrected chi connectivity index (χ1v) is 5.95. The molecule has 0 atom stereocenters. The number of carbonyl (C=O) groups is 1. The number of carbonyl (C=O) groups excluding carboxylic acids is 1. The third kappa shape index (κ3) is 3.03. The van der Waals surface area contributed by atoms with E-state index in [1.54, 1.807) is 4.90 Å². The molecule has 5 heteroatoms. The highest BCUT2D eigenvalue weighted by Gasteiger charge is 2.36. The van der Waals surface area contributed by atoms with E-state index in [1.165, 1.54) is 5.57 Å². The molecule has 1 heterocycles. The van der Waals surface area contributed by atoms with Crippen LogP contribution < -0.4 is 0 Å². The van der Waals surface area contributed by atoms with Gasteiger partial charge in [0, 0.05) is 19.0 Å². The smallest absolute Gasteiger partial charge is 0.337 e. The summed E-state index contributed by atoms with van der Waals surface area (Å²) in [7, 11) is 0. The maximum atomic E-state index is 12.0. The molecule has 0 aromatic heterocycles. The second kappa shape index (κ2) is 5.12. The minimum Gasteiger partial charge on any atom is -0.337 e. The minimum atomic E-state index is -2.74. The van der Waals surface area contributed by atoms with Crippen LogP contribution in [0.15, 0.2) is 12.2 Å². The third-order valence-corrected chi connectivity index (χ3v) is 3.50. The molecular weight excluding hydrogens is 228 g/mol. The van der Waals surface area contributed by atoms with Crippen LogP contribution in [0.2, 0.25) is 0 Å². The maximum Gasteiger partial charge on any atom is 0.345 e. The quantitative estimate of drug-likeness (QED) is 0.713. The third-order valence-electron chi connectivity index (χ3n) is 3.50. The molecule has 0 unspecified atom stereocenters. The second-order valence-corrected chi connectivity index (χ2v) is 4.79. The largest absolute Gasteiger partial charge is 0.345 e. The van der Waals surface area contributed by atoms with E-state index in [4.69, 9.17) is 0 Å². The average molecular weight is 245 g/mol. The van der Waals surface area contributed by atoms with Gasteiger partial charge in [0.25, 0.3) is 0 Å². The van der Waals surface area contributed by atoms with Crippen LogP contribution >= 0.6 is 0 Å². The van der Waals surface area contributed by atoms with Gasteiger partial charge in [-0.1, -0.05) is 12.2 Å². The molecule has 17 heavy (non-hydrogen) atoms. The Balaban J connectivity index is 1.73. The van der Waals surface area contributed by atoms with Crippen LogP contribution in [0.25, 0.3) is 0 Å². The van der Waals surface area contributed by atoms with E-state index in [9.17, 15) is 13.6 Å². The second-order valence-electron chi connectivity index (χ2n) is 4.79. The van der Waals surface area contributed by atoms with Gasteiger partial charge in [0.15, 0.2) is 0 Å². The number of likely N-dealkylation sites (tertiary alicyclic amines) is 1. The lowest BCUT2D eigenvalue weighted by molar-refractivity contribution is -0.200. The lowest BCUT2D eigenvalue weighted by atomic mass is 9.85. The van der Waals surface area contributed by atoms with E-state index in [0.717, 1.165) is 25.7 Å². The highest BCUT2D eigenvalue weighted by Crippen LogP contribution is 2.30. The van der Waals surface area contributed by atoms with Crippen LogP contribution in [0.5, 0.6) is 0 Å². The van der Waals surface area contributed by atoms with E-state index in [0.29, 0.717) is 13.1 Å². The van der Waals surface area contributed by atoms with Crippen LogP contribution in [-0.4, -0.2) is 36.6 Å². The van der Waals surface area contributed by atoms with E-state index in [-0.39, 0.29) is 11.8 Å². The molecule has 2 rings (SSSR count). The summed E-state index contributed by atoms with van der Waals surface area (Å²) in [5.74, 6) is 0.139. The van der Waals surface area contributed by atoms with Crippen LogP contribution in [0.4, 0.5) is 8.78 Å². The molecule has 0 bridgehead atoms. The van der Waals surface area contributed by atoms with Gasteiger partial charge in [0.05, 0.1) is 6.10 Å². The summed E-state index contributed by atoms with van der Waals surface area (Å²) in [6, 6.07) is 0. The zero-order valence-corrected chi connectivity index (χ0v) is 9.70. The van der Waals surface area contributed by atoms with Gasteiger partial charge in [-0.25, -0.2) is 0 Å². The summed E-state index contributed by atoms with van der Waals surface area (Å²) in [5, 5.41) is 0. The first-order chi connectivity index (χ1) is 8.06. The van der Waals surface area contributed by atoms with Crippen LogP contribution in [0, 0.1) is 5.92 Å². The van der Waals surface area contributed by atoms with Gasteiger partial charge in [-0.3, -0.25) is 4.79 Å². The molecule has 0 N–H and O–H groups in total. The van der Waals surface area contributed by atoms with Crippen molar-refractivity contribution >= 4 is 5.91 Å². The molecular formula is C12H17F2NO2. The molecule has 2 aliphatic rings. The van der Waals surface area contributed by atoms with Crippen LogP contribution in [0.1, 0.15) is 25.7 Å². The molecule has 0 spiro atoms. The fourth-order valence-electron chi connectivity index (χ4n) is 2.38. The predicted octanol–water partition coefficient (Wildman–Crippen LogP) is 2.18. The SMILES string of the molecule is C=C1CCC(C(=O)N2CC(OC(F)F)C2)CC1. The Morgan fingerprint density at radius 1 is 1.35 bits per heavy atom. The number of nitrogens with zero attached hydrogens (tertiary/aromatic N) is 1. The number of halogens is 2. The Bertz CT molecular complexity index is 304. The standard InChI is InChI=1S/C12H17F2NO2/c1-8-2-4-9(5-3-8)11(16)15-6-10(7-15)17-12(13)14/h9-10,12H,1-7H2. The van der Waals surface area contributed by atoms with Crippen molar-refractivity contribution in [2.24, 2.45) is 5.92 Å². The van der Waals surface area contributed by atoms with Gasteiger partial charge in [-0.15, -0.1) is 0 Å². The predicted molar refractivity (Wildman–Crippen MR) is 58.6 cm³/mol. The average Bonchev–Trinajstić information content (AvgIpc) is 2.23. The fraction of sp³-hybridized carbons (Fsp3) is 0.750. The highest BCUT2D eigenvalue weighted by molar-refractivity contribution is 5.80. The van der Waals surface area contributed by atoms with E-state index in [1.807, 2.05) is 0 Å². The molecule has 1 saturated carbocycles. The molecule has 0 aromatic rings. The molecule has 1 aliphatic heterocycles. The first-order valence-electron chi connectivity index (χ1n) is 5.95. The Labute approximate surface area is 99.4 Å².